The van der Waals surface area contributed by atoms with Crippen LogP contribution in [0.15, 0.2) is 34.3 Å². The molecule has 5 nitrogen and oxygen atoms in total. The molecule has 0 unspecified atom stereocenters. The van der Waals surface area contributed by atoms with Crippen LogP contribution in [0.3, 0.4) is 0 Å². The van der Waals surface area contributed by atoms with E-state index in [1.54, 1.807) is 14.1 Å². The molecule has 0 saturated carbocycles. The van der Waals surface area contributed by atoms with Gasteiger partial charge in [-0.25, -0.2) is 0 Å². The number of nitrogens with two attached hydrogens (primary N) is 1. The zero-order chi connectivity index (χ0) is 13.5. The summed E-state index contributed by atoms with van der Waals surface area (Å²) >= 11 is 0. The molecule has 0 aliphatic carbocycles. The summed E-state index contributed by atoms with van der Waals surface area (Å²) in [5.41, 5.74) is 8.35. The van der Waals surface area contributed by atoms with Gasteiger partial charge in [-0.3, -0.25) is 15.4 Å². The van der Waals surface area contributed by atoms with Crippen molar-refractivity contribution in [2.75, 3.05) is 14.1 Å². The van der Waals surface area contributed by atoms with Crippen LogP contribution in [0.4, 0.5) is 0 Å². The summed E-state index contributed by atoms with van der Waals surface area (Å²) in [7, 11) is 3.17. The van der Waals surface area contributed by atoms with Crippen molar-refractivity contribution < 1.29 is 0 Å². The third-order valence-corrected chi connectivity index (χ3v) is 2.53. The van der Waals surface area contributed by atoms with Crippen molar-refractivity contribution in [3.63, 3.8) is 0 Å². The lowest BCUT2D eigenvalue weighted by Gasteiger charge is -2.10. The van der Waals surface area contributed by atoms with Crippen molar-refractivity contribution in [3.05, 3.63) is 35.4 Å². The first-order valence-corrected chi connectivity index (χ1v) is 5.66. The Morgan fingerprint density at radius 2 is 1.83 bits per heavy atom. The quantitative estimate of drug-likeness (QED) is 0.548. The molecule has 0 saturated heterocycles. The minimum atomic E-state index is 0.182. The molecule has 0 aliphatic heterocycles. The molecule has 0 fully saturated rings. The SMILES string of the molecule is C/N=C(C(=N)NCc1ccc(C)cc1)\C(N)=N/C. The van der Waals surface area contributed by atoms with Crippen LogP contribution in [0.25, 0.3) is 0 Å². The molecule has 1 rings (SSSR count). The van der Waals surface area contributed by atoms with Crippen molar-refractivity contribution in [3.8, 4) is 0 Å². The Kier molecular flexibility index (Phi) is 5.05. The fourth-order valence-corrected chi connectivity index (χ4v) is 1.44. The third-order valence-electron chi connectivity index (χ3n) is 2.53. The van der Waals surface area contributed by atoms with Crippen LogP contribution in [0.5, 0.6) is 0 Å². The van der Waals surface area contributed by atoms with E-state index in [0.717, 1.165) is 5.56 Å². The number of amidine groups is 2. The Balaban J connectivity index is 2.63. The van der Waals surface area contributed by atoms with E-state index in [9.17, 15) is 0 Å². The van der Waals surface area contributed by atoms with Crippen molar-refractivity contribution in [1.82, 2.24) is 5.32 Å². The fourth-order valence-electron chi connectivity index (χ4n) is 1.44. The van der Waals surface area contributed by atoms with Gasteiger partial charge in [0, 0.05) is 20.6 Å². The first-order valence-electron chi connectivity index (χ1n) is 5.66. The summed E-state index contributed by atoms with van der Waals surface area (Å²) in [5, 5.41) is 10.8. The van der Waals surface area contributed by atoms with E-state index in [1.807, 2.05) is 31.2 Å². The Morgan fingerprint density at radius 1 is 1.22 bits per heavy atom. The van der Waals surface area contributed by atoms with Crippen LogP contribution in [-0.2, 0) is 6.54 Å². The van der Waals surface area contributed by atoms with Gasteiger partial charge in [-0.15, -0.1) is 0 Å². The molecule has 96 valence electrons. The van der Waals surface area contributed by atoms with Gasteiger partial charge in [0.15, 0.2) is 0 Å². The first kappa shape index (κ1) is 13.9. The standard InChI is InChI=1S/C13H19N5/c1-9-4-6-10(7-5-9)8-18-13(15)11(16-2)12(14)17-3/h4-7H,8H2,1-3H3,(H2,14,17)(H2,15,18)/b16-11+. The Morgan fingerprint density at radius 3 is 2.33 bits per heavy atom. The van der Waals surface area contributed by atoms with Gasteiger partial charge in [-0.2, -0.15) is 0 Å². The number of hydrogen-bond acceptors (Lipinski definition) is 3. The van der Waals surface area contributed by atoms with E-state index >= 15 is 0 Å². The minimum absolute atomic E-state index is 0.182. The molecule has 0 spiro atoms. The highest BCUT2D eigenvalue weighted by atomic mass is 15.0. The predicted octanol–water partition coefficient (Wildman–Crippen LogP) is 1.12. The number of rotatable bonds is 4. The highest BCUT2D eigenvalue weighted by molar-refractivity contribution is 6.66. The van der Waals surface area contributed by atoms with Gasteiger partial charge >= 0.3 is 0 Å². The van der Waals surface area contributed by atoms with Gasteiger partial charge in [0.05, 0.1) is 0 Å². The summed E-state index contributed by atoms with van der Waals surface area (Å²) in [4.78, 5) is 7.79. The van der Waals surface area contributed by atoms with E-state index < -0.39 is 0 Å². The summed E-state index contributed by atoms with van der Waals surface area (Å²) in [6, 6.07) is 8.12. The van der Waals surface area contributed by atoms with E-state index in [1.165, 1.54) is 5.56 Å². The molecule has 18 heavy (non-hydrogen) atoms. The van der Waals surface area contributed by atoms with Crippen LogP contribution in [0, 0.1) is 12.3 Å². The maximum absolute atomic E-state index is 7.87. The topological polar surface area (TPSA) is 86.6 Å². The number of nitrogens with zero attached hydrogens (tertiary/aromatic N) is 2. The average molecular weight is 245 g/mol. The van der Waals surface area contributed by atoms with Crippen LogP contribution in [0.1, 0.15) is 11.1 Å². The second-order valence-electron chi connectivity index (χ2n) is 3.90. The predicted molar refractivity (Wildman–Crippen MR) is 76.7 cm³/mol. The number of nitrogens with one attached hydrogen (secondary N) is 2. The smallest absolute Gasteiger partial charge is 0.148 e. The molecule has 0 bridgehead atoms. The van der Waals surface area contributed by atoms with E-state index in [-0.39, 0.29) is 11.7 Å². The summed E-state index contributed by atoms with van der Waals surface area (Å²) in [6.45, 7) is 2.61. The molecule has 1 aromatic rings. The lowest BCUT2D eigenvalue weighted by atomic mass is 10.1. The normalized spacial score (nSPS) is 12.4. The van der Waals surface area contributed by atoms with Crippen LogP contribution in [0.2, 0.25) is 0 Å². The lowest BCUT2D eigenvalue weighted by Crippen LogP contribution is -2.38. The monoisotopic (exact) mass is 245 g/mol. The van der Waals surface area contributed by atoms with Crippen molar-refractivity contribution in [1.29, 1.82) is 5.41 Å². The maximum atomic E-state index is 7.87. The molecule has 0 heterocycles. The van der Waals surface area contributed by atoms with E-state index in [2.05, 4.69) is 15.3 Å². The van der Waals surface area contributed by atoms with Gasteiger partial charge in [0.25, 0.3) is 0 Å². The number of aliphatic imine (C=N–C) groups is 2. The zero-order valence-corrected chi connectivity index (χ0v) is 11.0. The van der Waals surface area contributed by atoms with Gasteiger partial charge in [0.2, 0.25) is 0 Å². The number of hydrogen-bond donors (Lipinski definition) is 3. The molecular formula is C13H19N5. The summed E-state index contributed by atoms with van der Waals surface area (Å²) in [6.07, 6.45) is 0. The first-order chi connectivity index (χ1) is 8.58. The second kappa shape index (κ2) is 6.54. The Labute approximate surface area is 107 Å². The average Bonchev–Trinajstić information content (AvgIpc) is 2.38. The van der Waals surface area contributed by atoms with Gasteiger partial charge in [-0.05, 0) is 12.5 Å². The van der Waals surface area contributed by atoms with Crippen molar-refractivity contribution in [2.45, 2.75) is 13.5 Å². The second-order valence-corrected chi connectivity index (χ2v) is 3.90. The molecule has 0 radical (unpaired) electrons. The highest BCUT2D eigenvalue weighted by Gasteiger charge is 2.09. The van der Waals surface area contributed by atoms with Gasteiger partial charge in [0.1, 0.15) is 17.4 Å². The Hall–Kier alpha value is -2.17. The zero-order valence-electron chi connectivity index (χ0n) is 11.0. The van der Waals surface area contributed by atoms with Crippen LogP contribution in [-0.4, -0.2) is 31.5 Å². The lowest BCUT2D eigenvalue weighted by molar-refractivity contribution is 0.916. The number of benzene rings is 1. The highest BCUT2D eigenvalue weighted by Crippen LogP contribution is 2.02. The van der Waals surface area contributed by atoms with E-state index in [0.29, 0.717) is 12.3 Å². The summed E-state index contributed by atoms with van der Waals surface area (Å²) < 4.78 is 0. The molecule has 1 aromatic carbocycles. The maximum Gasteiger partial charge on any atom is 0.148 e. The number of aryl methyl sites for hydroxylation is 1. The van der Waals surface area contributed by atoms with E-state index in [4.69, 9.17) is 11.1 Å². The van der Waals surface area contributed by atoms with Gasteiger partial charge in [-0.1, -0.05) is 29.8 Å². The Bertz CT molecular complexity index is 471. The largest absolute Gasteiger partial charge is 0.382 e. The molecule has 0 amide bonds. The molecule has 0 atom stereocenters. The van der Waals surface area contributed by atoms with Crippen molar-refractivity contribution in [2.24, 2.45) is 15.7 Å². The van der Waals surface area contributed by atoms with Gasteiger partial charge < -0.3 is 11.1 Å². The molecule has 4 N–H and O–H groups in total. The molecular weight excluding hydrogens is 226 g/mol. The fraction of sp³-hybridized carbons (Fsp3) is 0.308. The molecule has 0 aliphatic rings. The minimum Gasteiger partial charge on any atom is -0.382 e. The third kappa shape index (κ3) is 3.69. The van der Waals surface area contributed by atoms with Crippen LogP contribution < -0.4 is 11.1 Å². The van der Waals surface area contributed by atoms with Crippen LogP contribution >= 0.6 is 0 Å². The molecule has 0 aromatic heterocycles. The molecule has 5 heteroatoms. The summed E-state index contributed by atoms with van der Waals surface area (Å²) in [5.74, 6) is 0.445. The van der Waals surface area contributed by atoms with Crippen molar-refractivity contribution >= 4 is 17.4 Å².